The quantitative estimate of drug-likeness (QED) is 0.470. The van der Waals surface area contributed by atoms with Crippen LogP contribution in [-0.4, -0.2) is 69.9 Å². The zero-order valence-electron chi connectivity index (χ0n) is 22.3. The van der Waals surface area contributed by atoms with E-state index in [0.29, 0.717) is 57.0 Å². The molecule has 0 radical (unpaired) electrons. The molecule has 2 aliphatic heterocycles. The molecule has 9 nitrogen and oxygen atoms in total. The summed E-state index contributed by atoms with van der Waals surface area (Å²) in [6.45, 7) is 9.05. The minimum atomic E-state index is -4.43. The molecule has 5 rings (SSSR count). The number of anilines is 2. The summed E-state index contributed by atoms with van der Waals surface area (Å²) in [5.74, 6) is -0.0167. The lowest BCUT2D eigenvalue weighted by Crippen LogP contribution is -2.50. The van der Waals surface area contributed by atoms with Gasteiger partial charge >= 0.3 is 12.2 Å². The van der Waals surface area contributed by atoms with Crippen LogP contribution >= 0.6 is 0 Å². The van der Waals surface area contributed by atoms with Gasteiger partial charge in [-0.1, -0.05) is 0 Å². The molecule has 1 fully saturated rings. The molecule has 2 aromatic heterocycles. The van der Waals surface area contributed by atoms with Crippen LogP contribution in [0.2, 0.25) is 0 Å². The number of ether oxygens (including phenoxy) is 1. The second kappa shape index (κ2) is 10.7. The van der Waals surface area contributed by atoms with Crippen LogP contribution in [0.5, 0.6) is 6.01 Å². The smallest absolute Gasteiger partial charge is 0.416 e. The van der Waals surface area contributed by atoms with Crippen LogP contribution in [0.4, 0.5) is 24.5 Å². The number of rotatable bonds is 6. The zero-order chi connectivity index (χ0) is 27.7. The molecule has 0 aliphatic carbocycles. The summed E-state index contributed by atoms with van der Waals surface area (Å²) in [6, 6.07) is 4.98. The highest BCUT2D eigenvalue weighted by Crippen LogP contribution is 2.40. The summed E-state index contributed by atoms with van der Waals surface area (Å²) in [5, 5.41) is 4.38. The normalized spacial score (nSPS) is 15.9. The number of fused-ring (bicyclic) bond motifs is 1. The van der Waals surface area contributed by atoms with Gasteiger partial charge in [0.1, 0.15) is 6.54 Å². The van der Waals surface area contributed by atoms with Crippen LogP contribution in [0.15, 0.2) is 30.6 Å². The van der Waals surface area contributed by atoms with Gasteiger partial charge in [-0.25, -0.2) is 9.97 Å². The van der Waals surface area contributed by atoms with Crippen molar-refractivity contribution >= 4 is 17.3 Å². The van der Waals surface area contributed by atoms with Crippen molar-refractivity contribution in [3.63, 3.8) is 0 Å². The van der Waals surface area contributed by atoms with E-state index in [2.05, 4.69) is 20.0 Å². The van der Waals surface area contributed by atoms with E-state index in [4.69, 9.17) is 4.74 Å². The molecule has 3 aromatic rings. The molecule has 0 unspecified atom stereocenters. The topological polar surface area (TPSA) is 79.6 Å². The predicted molar refractivity (Wildman–Crippen MR) is 140 cm³/mol. The van der Waals surface area contributed by atoms with Crippen LogP contribution in [0, 0.1) is 13.8 Å². The fourth-order valence-electron chi connectivity index (χ4n) is 5.38. The van der Waals surface area contributed by atoms with Crippen molar-refractivity contribution in [2.75, 3.05) is 49.1 Å². The standard InChI is InChI=1S/C27H32F3N7O2/c1-4-39-26-31-14-20(15-32-26)36-8-7-21-22(16-36)24(6-5-23(21)27(28,29)30)34-9-11-35(12-10-34)25(38)17-37-19(3)13-18(2)33-37/h5-6,13-15H,4,7-12,16-17H2,1-3H3. The first-order valence-electron chi connectivity index (χ1n) is 13.1. The third kappa shape index (κ3) is 5.64. The fourth-order valence-corrected chi connectivity index (χ4v) is 5.38. The molecule has 2 aliphatic rings. The second-order valence-corrected chi connectivity index (χ2v) is 9.87. The first kappa shape index (κ1) is 26.8. The number of carbonyl (C=O) groups excluding carboxylic acids is 1. The Balaban J connectivity index is 1.35. The minimum absolute atomic E-state index is 0.0167. The molecule has 0 atom stereocenters. The Kier molecular flexibility index (Phi) is 7.37. The van der Waals surface area contributed by atoms with Crippen LogP contribution < -0.4 is 14.5 Å². The molecular weight excluding hydrogens is 511 g/mol. The van der Waals surface area contributed by atoms with E-state index < -0.39 is 11.7 Å². The van der Waals surface area contributed by atoms with Crippen LogP contribution in [0.1, 0.15) is 35.0 Å². The monoisotopic (exact) mass is 543 g/mol. The lowest BCUT2D eigenvalue weighted by atomic mass is 9.91. The summed E-state index contributed by atoms with van der Waals surface area (Å²) in [6.07, 6.45) is -0.889. The summed E-state index contributed by atoms with van der Waals surface area (Å²) in [7, 11) is 0. The van der Waals surface area contributed by atoms with Gasteiger partial charge in [-0.2, -0.15) is 18.3 Å². The molecule has 39 heavy (non-hydrogen) atoms. The maximum atomic E-state index is 13.9. The average molecular weight is 544 g/mol. The van der Waals surface area contributed by atoms with Gasteiger partial charge in [0.05, 0.1) is 35.9 Å². The Morgan fingerprint density at radius 1 is 1.00 bits per heavy atom. The van der Waals surface area contributed by atoms with E-state index in [9.17, 15) is 18.0 Å². The highest BCUT2D eigenvalue weighted by Gasteiger charge is 2.37. The molecule has 0 N–H and O–H groups in total. The Labute approximate surface area is 225 Å². The van der Waals surface area contributed by atoms with Gasteiger partial charge in [0.15, 0.2) is 0 Å². The molecule has 1 aromatic carbocycles. The fraction of sp³-hybridized carbons (Fsp3) is 0.481. The first-order chi connectivity index (χ1) is 18.6. The third-order valence-electron chi connectivity index (χ3n) is 7.31. The number of benzene rings is 1. The van der Waals surface area contributed by atoms with Crippen molar-refractivity contribution in [2.24, 2.45) is 0 Å². The number of aromatic nitrogens is 4. The van der Waals surface area contributed by atoms with Gasteiger partial charge in [0, 0.05) is 50.6 Å². The summed E-state index contributed by atoms with van der Waals surface area (Å²) < 4.78 is 48.8. The van der Waals surface area contributed by atoms with Crippen LogP contribution in [0.25, 0.3) is 0 Å². The molecule has 0 spiro atoms. The molecule has 12 heteroatoms. The number of halogens is 3. The van der Waals surface area contributed by atoms with Crippen molar-refractivity contribution in [3.05, 3.63) is 58.7 Å². The van der Waals surface area contributed by atoms with Crippen LogP contribution in [-0.2, 0) is 30.5 Å². The van der Waals surface area contributed by atoms with Crippen LogP contribution in [0.3, 0.4) is 0 Å². The van der Waals surface area contributed by atoms with Crippen molar-refractivity contribution in [2.45, 2.75) is 46.5 Å². The first-order valence-corrected chi connectivity index (χ1v) is 13.1. The van der Waals surface area contributed by atoms with Gasteiger partial charge < -0.3 is 19.4 Å². The Bertz CT molecular complexity index is 1330. The number of aryl methyl sites for hydroxylation is 2. The number of alkyl halides is 3. The highest BCUT2D eigenvalue weighted by atomic mass is 19.4. The molecule has 208 valence electrons. The number of carbonyl (C=O) groups is 1. The molecule has 0 saturated carbocycles. The lowest BCUT2D eigenvalue weighted by molar-refractivity contribution is -0.138. The Morgan fingerprint density at radius 2 is 1.72 bits per heavy atom. The average Bonchev–Trinajstić information content (AvgIpc) is 3.23. The second-order valence-electron chi connectivity index (χ2n) is 9.87. The van der Waals surface area contributed by atoms with Crippen molar-refractivity contribution < 1.29 is 22.7 Å². The molecule has 4 heterocycles. The van der Waals surface area contributed by atoms with Gasteiger partial charge in [-0.15, -0.1) is 0 Å². The SMILES string of the molecule is CCOc1ncc(N2CCc3c(C(F)(F)F)ccc(N4CCN(C(=O)Cn5nc(C)cc5C)CC4)c3C2)cn1. The van der Waals surface area contributed by atoms with Crippen molar-refractivity contribution in [1.82, 2.24) is 24.6 Å². The number of nitrogens with zero attached hydrogens (tertiary/aromatic N) is 7. The van der Waals surface area contributed by atoms with E-state index in [0.717, 1.165) is 22.8 Å². The predicted octanol–water partition coefficient (Wildman–Crippen LogP) is 3.62. The maximum Gasteiger partial charge on any atom is 0.416 e. The molecule has 1 amide bonds. The van der Waals surface area contributed by atoms with Gasteiger partial charge in [0.2, 0.25) is 5.91 Å². The number of piperazine rings is 1. The molecule has 1 saturated heterocycles. The van der Waals surface area contributed by atoms with Gasteiger partial charge in [-0.3, -0.25) is 9.48 Å². The minimum Gasteiger partial charge on any atom is -0.464 e. The largest absolute Gasteiger partial charge is 0.464 e. The van der Waals surface area contributed by atoms with E-state index in [1.165, 1.54) is 6.07 Å². The molecule has 0 bridgehead atoms. The highest BCUT2D eigenvalue weighted by molar-refractivity contribution is 5.76. The Hall–Kier alpha value is -3.83. The number of hydrogen-bond donors (Lipinski definition) is 0. The molecular formula is C27H32F3N7O2. The lowest BCUT2D eigenvalue weighted by Gasteiger charge is -2.40. The summed E-state index contributed by atoms with van der Waals surface area (Å²) in [4.78, 5) is 27.2. The van der Waals surface area contributed by atoms with E-state index >= 15 is 0 Å². The Morgan fingerprint density at radius 3 is 2.33 bits per heavy atom. The summed E-state index contributed by atoms with van der Waals surface area (Å²) >= 11 is 0. The van der Waals surface area contributed by atoms with Crippen molar-refractivity contribution in [1.29, 1.82) is 0 Å². The zero-order valence-corrected chi connectivity index (χ0v) is 22.3. The van der Waals surface area contributed by atoms with Crippen molar-refractivity contribution in [3.8, 4) is 6.01 Å². The van der Waals surface area contributed by atoms with E-state index in [1.807, 2.05) is 31.7 Å². The van der Waals surface area contributed by atoms with E-state index in [-0.39, 0.29) is 24.9 Å². The summed E-state index contributed by atoms with van der Waals surface area (Å²) in [5.41, 5.74) is 3.72. The third-order valence-corrected chi connectivity index (χ3v) is 7.31. The van der Waals surface area contributed by atoms with Gasteiger partial charge in [-0.05, 0) is 56.5 Å². The number of hydrogen-bond acceptors (Lipinski definition) is 7. The number of amides is 1. The van der Waals surface area contributed by atoms with E-state index in [1.54, 1.807) is 28.0 Å². The maximum absolute atomic E-state index is 13.9. The van der Waals surface area contributed by atoms with Gasteiger partial charge in [0.25, 0.3) is 0 Å².